The van der Waals surface area contributed by atoms with Crippen LogP contribution in [0.4, 0.5) is 11.4 Å². The summed E-state index contributed by atoms with van der Waals surface area (Å²) in [5, 5.41) is 5.69. The maximum Gasteiger partial charge on any atom is 0.228 e. The summed E-state index contributed by atoms with van der Waals surface area (Å²) in [5.74, 6) is 0.525. The molecule has 2 N–H and O–H groups in total. The van der Waals surface area contributed by atoms with Crippen molar-refractivity contribution in [2.24, 2.45) is 11.8 Å². The lowest BCUT2D eigenvalue weighted by Gasteiger charge is -2.10. The molecule has 6 heteroatoms. The van der Waals surface area contributed by atoms with Crippen LogP contribution in [0.3, 0.4) is 0 Å². The smallest absolute Gasteiger partial charge is 0.228 e. The van der Waals surface area contributed by atoms with Gasteiger partial charge < -0.3 is 20.1 Å². The average molecular weight is 368 g/mol. The Bertz CT molecular complexity index is 817. The van der Waals surface area contributed by atoms with E-state index in [0.29, 0.717) is 23.5 Å². The highest BCUT2D eigenvalue weighted by Crippen LogP contribution is 2.40. The first-order valence-electron chi connectivity index (χ1n) is 8.99. The number of amides is 2. The van der Waals surface area contributed by atoms with E-state index in [4.69, 9.17) is 9.47 Å². The Labute approximate surface area is 158 Å². The van der Waals surface area contributed by atoms with Crippen LogP contribution >= 0.6 is 0 Å². The Morgan fingerprint density at radius 3 is 2.15 bits per heavy atom. The predicted molar refractivity (Wildman–Crippen MR) is 104 cm³/mol. The fraction of sp³-hybridized carbons (Fsp3) is 0.333. The molecule has 1 aliphatic carbocycles. The molecule has 1 aliphatic rings. The lowest BCUT2D eigenvalue weighted by Crippen LogP contribution is -2.20. The Hall–Kier alpha value is -3.02. The molecule has 2 atom stereocenters. The van der Waals surface area contributed by atoms with Crippen LogP contribution in [0.2, 0.25) is 0 Å². The predicted octanol–water partition coefficient (Wildman–Crippen LogP) is 3.70. The first-order chi connectivity index (χ1) is 13.0. The van der Waals surface area contributed by atoms with Gasteiger partial charge in [0, 0.05) is 17.4 Å². The van der Waals surface area contributed by atoms with Crippen molar-refractivity contribution in [3.63, 3.8) is 0 Å². The zero-order valence-corrected chi connectivity index (χ0v) is 15.7. The molecule has 0 saturated heterocycles. The Morgan fingerprint density at radius 1 is 0.926 bits per heavy atom. The summed E-state index contributed by atoms with van der Waals surface area (Å²) in [5.41, 5.74) is 1.35. The fourth-order valence-corrected chi connectivity index (χ4v) is 2.83. The van der Waals surface area contributed by atoms with E-state index in [1.54, 1.807) is 43.5 Å². The number of carbonyl (C=O) groups is 2. The largest absolute Gasteiger partial charge is 0.497 e. The van der Waals surface area contributed by atoms with Crippen molar-refractivity contribution in [2.75, 3.05) is 17.7 Å². The van der Waals surface area contributed by atoms with Gasteiger partial charge >= 0.3 is 0 Å². The van der Waals surface area contributed by atoms with Gasteiger partial charge in [-0.25, -0.2) is 0 Å². The van der Waals surface area contributed by atoms with E-state index in [2.05, 4.69) is 10.6 Å². The number of rotatable bonds is 7. The van der Waals surface area contributed by atoms with Crippen LogP contribution in [-0.4, -0.2) is 25.0 Å². The molecule has 0 aromatic heterocycles. The second-order valence-corrected chi connectivity index (χ2v) is 6.85. The summed E-state index contributed by atoms with van der Waals surface area (Å²) < 4.78 is 10.7. The zero-order valence-electron chi connectivity index (χ0n) is 15.7. The number of benzene rings is 2. The molecule has 0 radical (unpaired) electrons. The van der Waals surface area contributed by atoms with Gasteiger partial charge in [0.1, 0.15) is 11.5 Å². The molecular weight excluding hydrogens is 344 g/mol. The van der Waals surface area contributed by atoms with E-state index < -0.39 is 0 Å². The maximum atomic E-state index is 12.4. The Morgan fingerprint density at radius 2 is 1.56 bits per heavy atom. The summed E-state index contributed by atoms with van der Waals surface area (Å²) in [7, 11) is 1.57. The number of hydrogen-bond donors (Lipinski definition) is 2. The summed E-state index contributed by atoms with van der Waals surface area (Å²) in [6.07, 6.45) is 0.650. The molecule has 2 amide bonds. The van der Waals surface area contributed by atoms with E-state index in [0.717, 1.165) is 5.75 Å². The highest BCUT2D eigenvalue weighted by molar-refractivity contribution is 6.03. The third-order valence-corrected chi connectivity index (χ3v) is 4.29. The lowest BCUT2D eigenvalue weighted by molar-refractivity contribution is -0.122. The van der Waals surface area contributed by atoms with Crippen LogP contribution < -0.4 is 20.1 Å². The molecule has 6 nitrogen and oxygen atoms in total. The minimum Gasteiger partial charge on any atom is -0.497 e. The fourth-order valence-electron chi connectivity index (χ4n) is 2.83. The topological polar surface area (TPSA) is 76.7 Å². The van der Waals surface area contributed by atoms with Crippen LogP contribution in [0.15, 0.2) is 48.5 Å². The van der Waals surface area contributed by atoms with Gasteiger partial charge in [0.25, 0.3) is 0 Å². The van der Waals surface area contributed by atoms with Crippen LogP contribution in [-0.2, 0) is 9.59 Å². The minimum atomic E-state index is -0.306. The van der Waals surface area contributed by atoms with Gasteiger partial charge in [0.15, 0.2) is 0 Å². The van der Waals surface area contributed by atoms with E-state index in [1.165, 1.54) is 0 Å². The van der Waals surface area contributed by atoms with Crippen LogP contribution in [0.1, 0.15) is 20.3 Å². The van der Waals surface area contributed by atoms with Gasteiger partial charge in [-0.1, -0.05) is 6.07 Å². The first-order valence-corrected chi connectivity index (χ1v) is 8.99. The molecule has 2 unspecified atom stereocenters. The van der Waals surface area contributed by atoms with Gasteiger partial charge in [0.2, 0.25) is 11.8 Å². The van der Waals surface area contributed by atoms with Crippen LogP contribution in [0.5, 0.6) is 11.5 Å². The molecule has 3 rings (SSSR count). The molecule has 1 saturated carbocycles. The van der Waals surface area contributed by atoms with Crippen molar-refractivity contribution in [3.05, 3.63) is 48.5 Å². The van der Waals surface area contributed by atoms with Gasteiger partial charge in [-0.05, 0) is 56.7 Å². The average Bonchev–Trinajstić information content (AvgIpc) is 3.44. The summed E-state index contributed by atoms with van der Waals surface area (Å²) in [6.45, 7) is 3.92. The second-order valence-electron chi connectivity index (χ2n) is 6.85. The van der Waals surface area contributed by atoms with Crippen LogP contribution in [0.25, 0.3) is 0 Å². The number of nitrogens with one attached hydrogen (secondary N) is 2. The highest BCUT2D eigenvalue weighted by atomic mass is 16.5. The third kappa shape index (κ3) is 5.00. The normalized spacial score (nSPS) is 17.9. The SMILES string of the molecule is COc1cccc(NC(=O)C2CC2C(=O)Nc2ccc(OC(C)C)cc2)c1. The van der Waals surface area contributed by atoms with Crippen molar-refractivity contribution in [2.45, 2.75) is 26.4 Å². The van der Waals surface area contributed by atoms with Crippen molar-refractivity contribution >= 4 is 23.2 Å². The highest BCUT2D eigenvalue weighted by Gasteiger charge is 2.48. The molecule has 0 spiro atoms. The lowest BCUT2D eigenvalue weighted by atomic mass is 10.2. The number of anilines is 2. The first kappa shape index (κ1) is 18.8. The minimum absolute atomic E-state index is 0.0979. The molecule has 0 aliphatic heterocycles. The van der Waals surface area contributed by atoms with Crippen molar-refractivity contribution in [3.8, 4) is 11.5 Å². The number of ether oxygens (including phenoxy) is 2. The van der Waals surface area contributed by atoms with Crippen molar-refractivity contribution < 1.29 is 19.1 Å². The van der Waals surface area contributed by atoms with Crippen molar-refractivity contribution in [1.29, 1.82) is 0 Å². The van der Waals surface area contributed by atoms with Gasteiger partial charge in [-0.2, -0.15) is 0 Å². The molecule has 0 heterocycles. The number of methoxy groups -OCH3 is 1. The molecule has 2 aromatic rings. The molecule has 2 aromatic carbocycles. The molecule has 0 bridgehead atoms. The van der Waals surface area contributed by atoms with Crippen LogP contribution in [0, 0.1) is 11.8 Å². The molecule has 27 heavy (non-hydrogen) atoms. The number of carbonyl (C=O) groups excluding carboxylic acids is 2. The summed E-state index contributed by atoms with van der Waals surface area (Å²) in [6, 6.07) is 14.4. The van der Waals surface area contributed by atoms with Gasteiger partial charge in [-0.15, -0.1) is 0 Å². The van der Waals surface area contributed by atoms with E-state index in [-0.39, 0.29) is 29.8 Å². The standard InChI is InChI=1S/C21H24N2O4/c1-13(2)27-16-9-7-14(8-10-16)22-20(24)18-12-19(18)21(25)23-15-5-4-6-17(11-15)26-3/h4-11,13,18-19H,12H2,1-3H3,(H,22,24)(H,23,25). The second kappa shape index (κ2) is 8.12. The number of hydrogen-bond acceptors (Lipinski definition) is 4. The quantitative estimate of drug-likeness (QED) is 0.781. The van der Waals surface area contributed by atoms with E-state index in [1.807, 2.05) is 26.0 Å². The monoisotopic (exact) mass is 368 g/mol. The van der Waals surface area contributed by atoms with E-state index >= 15 is 0 Å². The third-order valence-electron chi connectivity index (χ3n) is 4.29. The Kier molecular flexibility index (Phi) is 5.64. The summed E-state index contributed by atoms with van der Waals surface area (Å²) >= 11 is 0. The molecule has 1 fully saturated rings. The summed E-state index contributed by atoms with van der Waals surface area (Å²) in [4.78, 5) is 24.7. The van der Waals surface area contributed by atoms with Gasteiger partial charge in [0.05, 0.1) is 25.0 Å². The zero-order chi connectivity index (χ0) is 19.4. The Balaban J connectivity index is 1.51. The van der Waals surface area contributed by atoms with E-state index in [9.17, 15) is 9.59 Å². The van der Waals surface area contributed by atoms with Gasteiger partial charge in [-0.3, -0.25) is 9.59 Å². The maximum absolute atomic E-state index is 12.4. The molecule has 142 valence electrons. The molecular formula is C21H24N2O4. The van der Waals surface area contributed by atoms with Crippen molar-refractivity contribution in [1.82, 2.24) is 0 Å².